The fraction of sp³-hybridized carbons (Fsp3) is 0.583. The number of piperazine rings is 1. The maximum absolute atomic E-state index is 5.96. The molecular weight excluding hydrogens is 200 g/mol. The Hall–Kier alpha value is -1.13. The molecule has 4 heteroatoms. The van der Waals surface area contributed by atoms with E-state index in [1.54, 1.807) is 0 Å². The Kier molecular flexibility index (Phi) is 3.74. The molecule has 0 spiro atoms. The van der Waals surface area contributed by atoms with E-state index in [0.29, 0.717) is 0 Å². The van der Waals surface area contributed by atoms with Crippen molar-refractivity contribution in [3.63, 3.8) is 0 Å². The van der Waals surface area contributed by atoms with Crippen LogP contribution in [0, 0.1) is 0 Å². The van der Waals surface area contributed by atoms with Crippen LogP contribution in [0.1, 0.15) is 24.9 Å². The van der Waals surface area contributed by atoms with E-state index < -0.39 is 0 Å². The molecule has 16 heavy (non-hydrogen) atoms. The lowest BCUT2D eigenvalue weighted by molar-refractivity contribution is 0.584. The molecule has 1 atom stereocenters. The lowest BCUT2D eigenvalue weighted by Crippen LogP contribution is -2.43. The SMILES string of the molecule is CCC(N)c1ccc(N2CCNCC2)nc1. The largest absolute Gasteiger partial charge is 0.354 e. The van der Waals surface area contributed by atoms with E-state index in [1.165, 1.54) is 0 Å². The molecule has 1 saturated heterocycles. The molecule has 2 heterocycles. The Balaban J connectivity index is 2.06. The summed E-state index contributed by atoms with van der Waals surface area (Å²) in [4.78, 5) is 6.79. The monoisotopic (exact) mass is 220 g/mol. The smallest absolute Gasteiger partial charge is 0.128 e. The van der Waals surface area contributed by atoms with E-state index in [9.17, 15) is 0 Å². The van der Waals surface area contributed by atoms with Gasteiger partial charge in [0.15, 0.2) is 0 Å². The van der Waals surface area contributed by atoms with Crippen LogP contribution >= 0.6 is 0 Å². The third kappa shape index (κ3) is 2.51. The average molecular weight is 220 g/mol. The van der Waals surface area contributed by atoms with Crippen molar-refractivity contribution in [3.8, 4) is 0 Å². The van der Waals surface area contributed by atoms with Gasteiger partial charge < -0.3 is 16.0 Å². The first kappa shape index (κ1) is 11.4. The molecule has 0 radical (unpaired) electrons. The summed E-state index contributed by atoms with van der Waals surface area (Å²) in [6.07, 6.45) is 2.86. The zero-order valence-corrected chi connectivity index (χ0v) is 9.82. The highest BCUT2D eigenvalue weighted by Crippen LogP contribution is 2.16. The van der Waals surface area contributed by atoms with Crippen LogP contribution in [0.25, 0.3) is 0 Å². The van der Waals surface area contributed by atoms with Gasteiger partial charge in [-0.2, -0.15) is 0 Å². The second kappa shape index (κ2) is 5.27. The van der Waals surface area contributed by atoms with Gasteiger partial charge in [-0.25, -0.2) is 4.98 Å². The number of nitrogens with two attached hydrogens (primary N) is 1. The topological polar surface area (TPSA) is 54.2 Å². The van der Waals surface area contributed by atoms with Gasteiger partial charge in [0, 0.05) is 38.4 Å². The predicted octanol–water partition coefficient (Wildman–Crippen LogP) is 0.901. The third-order valence-electron chi connectivity index (χ3n) is 3.08. The molecule has 0 aromatic carbocycles. The number of rotatable bonds is 3. The van der Waals surface area contributed by atoms with Crippen LogP contribution in [0.4, 0.5) is 5.82 Å². The van der Waals surface area contributed by atoms with Gasteiger partial charge >= 0.3 is 0 Å². The quantitative estimate of drug-likeness (QED) is 0.794. The molecule has 4 nitrogen and oxygen atoms in total. The second-order valence-electron chi connectivity index (χ2n) is 4.20. The predicted molar refractivity (Wildman–Crippen MR) is 66.5 cm³/mol. The van der Waals surface area contributed by atoms with Crippen molar-refractivity contribution in [1.29, 1.82) is 0 Å². The van der Waals surface area contributed by atoms with Gasteiger partial charge in [-0.1, -0.05) is 13.0 Å². The molecule has 0 bridgehead atoms. The molecule has 3 N–H and O–H groups in total. The number of aromatic nitrogens is 1. The highest BCUT2D eigenvalue weighted by atomic mass is 15.2. The molecule has 1 aliphatic heterocycles. The molecule has 0 saturated carbocycles. The molecule has 1 aliphatic rings. The minimum absolute atomic E-state index is 0.115. The van der Waals surface area contributed by atoms with Crippen molar-refractivity contribution in [3.05, 3.63) is 23.9 Å². The minimum atomic E-state index is 0.115. The van der Waals surface area contributed by atoms with Crippen molar-refractivity contribution < 1.29 is 0 Å². The summed E-state index contributed by atoms with van der Waals surface area (Å²) in [5.41, 5.74) is 7.09. The minimum Gasteiger partial charge on any atom is -0.354 e. The summed E-state index contributed by atoms with van der Waals surface area (Å²) in [7, 11) is 0. The lowest BCUT2D eigenvalue weighted by Gasteiger charge is -2.28. The van der Waals surface area contributed by atoms with Crippen molar-refractivity contribution in [2.24, 2.45) is 5.73 Å². The van der Waals surface area contributed by atoms with Crippen LogP contribution in [-0.2, 0) is 0 Å². The van der Waals surface area contributed by atoms with E-state index in [0.717, 1.165) is 44.0 Å². The van der Waals surface area contributed by atoms with E-state index in [2.05, 4.69) is 34.3 Å². The highest BCUT2D eigenvalue weighted by Gasteiger charge is 2.11. The molecule has 2 rings (SSSR count). The van der Waals surface area contributed by atoms with Gasteiger partial charge in [-0.05, 0) is 18.1 Å². The van der Waals surface area contributed by atoms with Gasteiger partial charge in [-0.15, -0.1) is 0 Å². The standard InChI is InChI=1S/C12H20N4/c1-2-11(13)10-3-4-12(15-9-10)16-7-5-14-6-8-16/h3-4,9,11,14H,2,5-8,13H2,1H3. The molecule has 0 amide bonds. The first-order chi connectivity index (χ1) is 7.81. The number of nitrogens with one attached hydrogen (secondary N) is 1. The van der Waals surface area contributed by atoms with Gasteiger partial charge in [-0.3, -0.25) is 0 Å². The summed E-state index contributed by atoms with van der Waals surface area (Å²) in [6, 6.07) is 4.29. The second-order valence-corrected chi connectivity index (χ2v) is 4.20. The number of anilines is 1. The summed E-state index contributed by atoms with van der Waals surface area (Å²) in [5, 5.41) is 3.33. The van der Waals surface area contributed by atoms with Gasteiger partial charge in [0.05, 0.1) is 0 Å². The van der Waals surface area contributed by atoms with Gasteiger partial charge in [0.25, 0.3) is 0 Å². The van der Waals surface area contributed by atoms with Crippen LogP contribution in [0.5, 0.6) is 0 Å². The van der Waals surface area contributed by atoms with Crippen LogP contribution in [-0.4, -0.2) is 31.2 Å². The molecule has 88 valence electrons. The average Bonchev–Trinajstić information content (AvgIpc) is 2.39. The fourth-order valence-electron chi connectivity index (χ4n) is 1.93. The van der Waals surface area contributed by atoms with Crippen LogP contribution in [0.15, 0.2) is 18.3 Å². The van der Waals surface area contributed by atoms with Crippen molar-refractivity contribution >= 4 is 5.82 Å². The maximum Gasteiger partial charge on any atom is 0.128 e. The maximum atomic E-state index is 5.96. The van der Waals surface area contributed by atoms with Crippen molar-refractivity contribution in [2.75, 3.05) is 31.1 Å². The number of hydrogen-bond donors (Lipinski definition) is 2. The zero-order valence-electron chi connectivity index (χ0n) is 9.82. The van der Waals surface area contributed by atoms with Gasteiger partial charge in [0.2, 0.25) is 0 Å². The fourth-order valence-corrected chi connectivity index (χ4v) is 1.93. The molecular formula is C12H20N4. The molecule has 1 aromatic rings. The first-order valence-corrected chi connectivity index (χ1v) is 5.98. The van der Waals surface area contributed by atoms with Gasteiger partial charge in [0.1, 0.15) is 5.82 Å². The Morgan fingerprint density at radius 2 is 2.19 bits per heavy atom. The first-order valence-electron chi connectivity index (χ1n) is 5.98. The highest BCUT2D eigenvalue weighted by molar-refractivity contribution is 5.40. The Labute approximate surface area is 96.8 Å². The molecule has 0 aliphatic carbocycles. The summed E-state index contributed by atoms with van der Waals surface area (Å²) in [6.45, 7) is 6.24. The Bertz CT molecular complexity index is 316. The Morgan fingerprint density at radius 3 is 2.75 bits per heavy atom. The van der Waals surface area contributed by atoms with Crippen LogP contribution in [0.3, 0.4) is 0 Å². The normalized spacial score (nSPS) is 18.5. The van der Waals surface area contributed by atoms with Crippen LogP contribution < -0.4 is 16.0 Å². The van der Waals surface area contributed by atoms with E-state index in [-0.39, 0.29) is 6.04 Å². The molecule has 1 fully saturated rings. The zero-order chi connectivity index (χ0) is 11.4. The van der Waals surface area contributed by atoms with Crippen molar-refractivity contribution in [1.82, 2.24) is 10.3 Å². The summed E-state index contributed by atoms with van der Waals surface area (Å²) in [5.74, 6) is 1.06. The molecule has 1 unspecified atom stereocenters. The van der Waals surface area contributed by atoms with E-state index >= 15 is 0 Å². The van der Waals surface area contributed by atoms with E-state index in [1.807, 2.05) is 6.20 Å². The third-order valence-corrected chi connectivity index (χ3v) is 3.08. The number of nitrogens with zero attached hydrogens (tertiary/aromatic N) is 2. The lowest BCUT2D eigenvalue weighted by atomic mass is 10.1. The van der Waals surface area contributed by atoms with Crippen LogP contribution in [0.2, 0.25) is 0 Å². The number of pyridine rings is 1. The van der Waals surface area contributed by atoms with Crippen molar-refractivity contribution in [2.45, 2.75) is 19.4 Å². The Morgan fingerprint density at radius 1 is 1.44 bits per heavy atom. The molecule has 1 aromatic heterocycles. The summed E-state index contributed by atoms with van der Waals surface area (Å²) >= 11 is 0. The number of hydrogen-bond acceptors (Lipinski definition) is 4. The summed E-state index contributed by atoms with van der Waals surface area (Å²) < 4.78 is 0. The van der Waals surface area contributed by atoms with E-state index in [4.69, 9.17) is 5.73 Å².